The summed E-state index contributed by atoms with van der Waals surface area (Å²) in [5.41, 5.74) is 2.82. The van der Waals surface area contributed by atoms with Gasteiger partial charge in [-0.2, -0.15) is 0 Å². The van der Waals surface area contributed by atoms with Crippen molar-refractivity contribution in [3.05, 3.63) is 40.3 Å². The molecule has 0 unspecified atom stereocenters. The third-order valence-corrected chi connectivity index (χ3v) is 4.55. The first-order valence-electron chi connectivity index (χ1n) is 8.24. The summed E-state index contributed by atoms with van der Waals surface area (Å²) in [6, 6.07) is 7.98. The molecule has 0 bridgehead atoms. The second-order valence-electron chi connectivity index (χ2n) is 5.91. The lowest BCUT2D eigenvalue weighted by Crippen LogP contribution is -2.21. The van der Waals surface area contributed by atoms with E-state index in [0.717, 1.165) is 36.0 Å². The van der Waals surface area contributed by atoms with Crippen molar-refractivity contribution in [2.45, 2.75) is 26.8 Å². The van der Waals surface area contributed by atoms with Crippen LogP contribution < -0.4 is 10.2 Å². The highest BCUT2D eigenvalue weighted by atomic mass is 32.1. The van der Waals surface area contributed by atoms with Crippen molar-refractivity contribution in [3.63, 3.8) is 0 Å². The fraction of sp³-hybridized carbons (Fsp3) is 0.444. The maximum absolute atomic E-state index is 12.2. The quantitative estimate of drug-likeness (QED) is 0.797. The molecule has 0 atom stereocenters. The molecule has 0 spiro atoms. The predicted molar refractivity (Wildman–Crippen MR) is 102 cm³/mol. The number of aromatic nitrogens is 1. The zero-order valence-corrected chi connectivity index (χ0v) is 15.7. The van der Waals surface area contributed by atoms with E-state index in [2.05, 4.69) is 33.9 Å². The maximum Gasteiger partial charge on any atom is 0.230 e. The molecule has 0 aliphatic carbocycles. The summed E-state index contributed by atoms with van der Waals surface area (Å²) >= 11 is 1.60. The fourth-order valence-electron chi connectivity index (χ4n) is 2.49. The summed E-state index contributed by atoms with van der Waals surface area (Å²) in [7, 11) is 4.02. The lowest BCUT2D eigenvalue weighted by Gasteiger charge is -2.21. The van der Waals surface area contributed by atoms with Crippen molar-refractivity contribution >= 4 is 28.6 Å². The molecule has 0 radical (unpaired) electrons. The van der Waals surface area contributed by atoms with Gasteiger partial charge in [-0.3, -0.25) is 4.79 Å². The lowest BCUT2D eigenvalue weighted by molar-refractivity contribution is -0.115. The van der Waals surface area contributed by atoms with Crippen LogP contribution in [0, 0.1) is 0 Å². The Morgan fingerprint density at radius 3 is 2.42 bits per heavy atom. The summed E-state index contributed by atoms with van der Waals surface area (Å²) in [5, 5.41) is 5.93. The first-order chi connectivity index (χ1) is 11.5. The van der Waals surface area contributed by atoms with Crippen LogP contribution in [0.15, 0.2) is 29.6 Å². The number of nitrogens with zero attached hydrogens (tertiary/aromatic N) is 3. The number of nitrogens with one attached hydrogen (secondary N) is 1. The molecule has 130 valence electrons. The second kappa shape index (κ2) is 8.80. The molecule has 0 aliphatic heterocycles. The molecule has 0 aliphatic rings. The Bertz CT molecular complexity index is 647. The van der Waals surface area contributed by atoms with Gasteiger partial charge >= 0.3 is 0 Å². The van der Waals surface area contributed by atoms with Gasteiger partial charge in [-0.25, -0.2) is 4.98 Å². The third-order valence-electron chi connectivity index (χ3n) is 3.67. The molecule has 0 saturated carbocycles. The van der Waals surface area contributed by atoms with Crippen molar-refractivity contribution in [2.24, 2.45) is 0 Å². The van der Waals surface area contributed by atoms with E-state index in [9.17, 15) is 4.79 Å². The summed E-state index contributed by atoms with van der Waals surface area (Å²) in [5.74, 6) is -0.0349. The summed E-state index contributed by atoms with van der Waals surface area (Å²) in [6.07, 6.45) is 0.307. The minimum absolute atomic E-state index is 0.0349. The van der Waals surface area contributed by atoms with Crippen molar-refractivity contribution in [1.82, 2.24) is 9.88 Å². The van der Waals surface area contributed by atoms with Gasteiger partial charge in [0.15, 0.2) is 0 Å². The normalized spacial score (nSPS) is 10.9. The first kappa shape index (κ1) is 18.4. The number of carbonyl (C=O) groups excluding carboxylic acids is 1. The number of hydrogen-bond donors (Lipinski definition) is 1. The van der Waals surface area contributed by atoms with Gasteiger partial charge in [-0.15, -0.1) is 11.3 Å². The van der Waals surface area contributed by atoms with Crippen LogP contribution >= 0.6 is 11.3 Å². The average Bonchev–Trinajstić information content (AvgIpc) is 2.96. The SMILES string of the molecule is CCN(CC)c1ccc(NC(=O)Cc2csc(CN(C)C)n2)cc1. The fourth-order valence-corrected chi connectivity index (χ4v) is 3.40. The van der Waals surface area contributed by atoms with E-state index in [0.29, 0.717) is 6.42 Å². The van der Waals surface area contributed by atoms with E-state index in [-0.39, 0.29) is 5.91 Å². The van der Waals surface area contributed by atoms with Crippen molar-refractivity contribution in [1.29, 1.82) is 0 Å². The van der Waals surface area contributed by atoms with Gasteiger partial charge in [-0.05, 0) is 52.2 Å². The van der Waals surface area contributed by atoms with Gasteiger partial charge in [0.25, 0.3) is 0 Å². The van der Waals surface area contributed by atoms with Crippen molar-refractivity contribution < 1.29 is 4.79 Å². The highest BCUT2D eigenvalue weighted by molar-refractivity contribution is 7.09. The number of thiazole rings is 1. The Kier molecular flexibility index (Phi) is 6.75. The molecule has 6 heteroatoms. The smallest absolute Gasteiger partial charge is 0.230 e. The Hall–Kier alpha value is -1.92. The summed E-state index contributed by atoms with van der Waals surface area (Å²) < 4.78 is 0. The van der Waals surface area contributed by atoms with Crippen LogP contribution in [-0.2, 0) is 17.8 Å². The molecule has 1 amide bonds. The van der Waals surface area contributed by atoms with Gasteiger partial charge in [0.1, 0.15) is 5.01 Å². The first-order valence-corrected chi connectivity index (χ1v) is 9.12. The summed E-state index contributed by atoms with van der Waals surface area (Å²) in [6.45, 7) is 7.02. The Balaban J connectivity index is 1.91. The number of rotatable bonds is 8. The van der Waals surface area contributed by atoms with Crippen LogP contribution in [-0.4, -0.2) is 43.0 Å². The second-order valence-corrected chi connectivity index (χ2v) is 6.86. The number of carbonyl (C=O) groups is 1. The van der Waals surface area contributed by atoms with Gasteiger partial charge in [0, 0.05) is 36.4 Å². The maximum atomic E-state index is 12.2. The Morgan fingerprint density at radius 1 is 1.17 bits per heavy atom. The third kappa shape index (κ3) is 5.32. The average molecular weight is 347 g/mol. The molecular formula is C18H26N4OS. The molecule has 1 aromatic heterocycles. The number of hydrogen-bond acceptors (Lipinski definition) is 5. The van der Waals surface area contributed by atoms with Crippen LogP contribution in [0.25, 0.3) is 0 Å². The van der Waals surface area contributed by atoms with Gasteiger partial charge in [0.05, 0.1) is 12.1 Å². The number of anilines is 2. The number of amides is 1. The highest BCUT2D eigenvalue weighted by Crippen LogP contribution is 2.18. The van der Waals surface area contributed by atoms with Crippen molar-refractivity contribution in [3.8, 4) is 0 Å². The lowest BCUT2D eigenvalue weighted by atomic mass is 10.2. The monoisotopic (exact) mass is 346 g/mol. The van der Waals surface area contributed by atoms with E-state index < -0.39 is 0 Å². The molecule has 0 saturated heterocycles. The largest absolute Gasteiger partial charge is 0.372 e. The van der Waals surface area contributed by atoms with Gasteiger partial charge < -0.3 is 15.1 Å². The van der Waals surface area contributed by atoms with Gasteiger partial charge in [-0.1, -0.05) is 0 Å². The zero-order valence-electron chi connectivity index (χ0n) is 14.9. The Labute approximate surface area is 148 Å². The molecule has 1 aromatic carbocycles. The van der Waals surface area contributed by atoms with Crippen LogP contribution in [0.4, 0.5) is 11.4 Å². The van der Waals surface area contributed by atoms with E-state index in [1.807, 2.05) is 43.7 Å². The minimum atomic E-state index is -0.0349. The van der Waals surface area contributed by atoms with Crippen molar-refractivity contribution in [2.75, 3.05) is 37.4 Å². The molecular weight excluding hydrogens is 320 g/mol. The highest BCUT2D eigenvalue weighted by Gasteiger charge is 2.09. The molecule has 1 heterocycles. The topological polar surface area (TPSA) is 48.5 Å². The molecule has 2 rings (SSSR count). The standard InChI is InChI=1S/C18H26N4OS/c1-5-22(6-2)16-9-7-14(8-10-16)19-17(23)11-15-13-24-18(20-15)12-21(3)4/h7-10,13H,5-6,11-12H2,1-4H3,(H,19,23). The Morgan fingerprint density at radius 2 is 1.83 bits per heavy atom. The molecule has 1 N–H and O–H groups in total. The molecule has 0 fully saturated rings. The number of benzene rings is 1. The summed E-state index contributed by atoms with van der Waals surface area (Å²) in [4.78, 5) is 21.0. The van der Waals surface area contributed by atoms with E-state index in [4.69, 9.17) is 0 Å². The van der Waals surface area contributed by atoms with E-state index >= 15 is 0 Å². The van der Waals surface area contributed by atoms with E-state index in [1.54, 1.807) is 11.3 Å². The predicted octanol–water partition coefficient (Wildman–Crippen LogP) is 3.23. The minimum Gasteiger partial charge on any atom is -0.372 e. The zero-order chi connectivity index (χ0) is 17.5. The van der Waals surface area contributed by atoms with Crippen LogP contribution in [0.5, 0.6) is 0 Å². The van der Waals surface area contributed by atoms with Crippen LogP contribution in [0.1, 0.15) is 24.5 Å². The molecule has 2 aromatic rings. The van der Waals surface area contributed by atoms with Crippen LogP contribution in [0.3, 0.4) is 0 Å². The van der Waals surface area contributed by atoms with Gasteiger partial charge in [0.2, 0.25) is 5.91 Å². The molecule has 24 heavy (non-hydrogen) atoms. The van der Waals surface area contributed by atoms with Crippen LogP contribution in [0.2, 0.25) is 0 Å². The molecule has 5 nitrogen and oxygen atoms in total. The van der Waals surface area contributed by atoms with E-state index in [1.165, 1.54) is 5.69 Å².